The van der Waals surface area contributed by atoms with Crippen molar-refractivity contribution in [2.75, 3.05) is 25.1 Å². The molecule has 5 nitrogen and oxygen atoms in total. The van der Waals surface area contributed by atoms with Crippen LogP contribution in [0, 0.1) is 0 Å². The van der Waals surface area contributed by atoms with E-state index in [1.165, 1.54) is 0 Å². The Balaban J connectivity index is 2.16. The predicted molar refractivity (Wildman–Crippen MR) is 78.2 cm³/mol. The van der Waals surface area contributed by atoms with E-state index in [0.29, 0.717) is 49.1 Å². The Hall–Kier alpha value is -1.30. The van der Waals surface area contributed by atoms with E-state index in [2.05, 4.69) is 5.32 Å². The normalized spacial score (nSPS) is 17.6. The summed E-state index contributed by atoms with van der Waals surface area (Å²) in [6.07, 6.45) is 1.01. The Bertz CT molecular complexity index is 487. The number of nitrogens with two attached hydrogens (primary N) is 1. The maximum absolute atomic E-state index is 12.4. The van der Waals surface area contributed by atoms with Gasteiger partial charge in [0.05, 0.1) is 12.3 Å². The first-order valence-corrected chi connectivity index (χ1v) is 7.03. The number of amides is 1. The molecule has 2 rings (SSSR count). The number of carbonyl (C=O) groups is 1. The molecule has 1 aromatic carbocycles. The van der Waals surface area contributed by atoms with Gasteiger partial charge in [-0.25, -0.2) is 0 Å². The van der Waals surface area contributed by atoms with Gasteiger partial charge in [0.1, 0.15) is 11.3 Å². The molecule has 110 valence electrons. The van der Waals surface area contributed by atoms with E-state index in [4.69, 9.17) is 26.8 Å². The molecule has 1 heterocycles. The number of nitrogens with one attached hydrogen (secondary N) is 1. The van der Waals surface area contributed by atoms with Gasteiger partial charge in [0.25, 0.3) is 0 Å². The number of carbonyl (C=O) groups excluding carboxylic acids is 1. The maximum Gasteiger partial charge on any atom is 0.244 e. The zero-order valence-corrected chi connectivity index (χ0v) is 12.2. The van der Waals surface area contributed by atoms with Crippen molar-refractivity contribution >= 4 is 23.2 Å². The van der Waals surface area contributed by atoms with Crippen molar-refractivity contribution in [3.05, 3.63) is 23.2 Å². The summed E-state index contributed by atoms with van der Waals surface area (Å²) in [6.45, 7) is 3.38. The van der Waals surface area contributed by atoms with E-state index in [0.717, 1.165) is 0 Å². The third-order valence-electron chi connectivity index (χ3n) is 3.33. The molecular formula is C14H19ClN2O3. The van der Waals surface area contributed by atoms with Crippen molar-refractivity contribution in [1.29, 1.82) is 0 Å². The van der Waals surface area contributed by atoms with Crippen LogP contribution in [0.3, 0.4) is 0 Å². The Kier molecular flexibility index (Phi) is 4.86. The van der Waals surface area contributed by atoms with E-state index in [1.807, 2.05) is 6.92 Å². The van der Waals surface area contributed by atoms with Crippen LogP contribution in [-0.2, 0) is 9.53 Å². The van der Waals surface area contributed by atoms with Gasteiger partial charge in [-0.1, -0.05) is 11.6 Å². The van der Waals surface area contributed by atoms with Gasteiger partial charge in [-0.3, -0.25) is 4.79 Å². The van der Waals surface area contributed by atoms with Crippen molar-refractivity contribution in [3.63, 3.8) is 0 Å². The molecule has 1 aromatic rings. The highest BCUT2D eigenvalue weighted by molar-refractivity contribution is 6.31. The molecule has 20 heavy (non-hydrogen) atoms. The van der Waals surface area contributed by atoms with E-state index < -0.39 is 5.54 Å². The zero-order chi connectivity index (χ0) is 14.6. The number of halogens is 1. The first-order valence-electron chi connectivity index (χ1n) is 6.65. The summed E-state index contributed by atoms with van der Waals surface area (Å²) in [5.74, 6) is 0.352. The van der Waals surface area contributed by atoms with Gasteiger partial charge < -0.3 is 20.5 Å². The molecule has 1 aliphatic rings. The highest BCUT2D eigenvalue weighted by Crippen LogP contribution is 2.29. The second-order valence-electron chi connectivity index (χ2n) is 4.80. The van der Waals surface area contributed by atoms with E-state index in [1.54, 1.807) is 18.2 Å². The standard InChI is InChI=1S/C14H19ClN2O3/c1-2-20-12-4-3-10(15)9-11(12)17-13(18)14(16)5-7-19-8-6-14/h3-4,9H,2,5-8,16H2,1H3,(H,17,18). The van der Waals surface area contributed by atoms with Crippen LogP contribution in [0.4, 0.5) is 5.69 Å². The van der Waals surface area contributed by atoms with Crippen LogP contribution in [0.2, 0.25) is 5.02 Å². The maximum atomic E-state index is 12.4. The van der Waals surface area contributed by atoms with Gasteiger partial charge in [-0.2, -0.15) is 0 Å². The van der Waals surface area contributed by atoms with Crippen LogP contribution in [0.25, 0.3) is 0 Å². The van der Waals surface area contributed by atoms with Crippen LogP contribution in [0.5, 0.6) is 5.75 Å². The fourth-order valence-corrected chi connectivity index (χ4v) is 2.26. The minimum absolute atomic E-state index is 0.232. The summed E-state index contributed by atoms with van der Waals surface area (Å²) in [7, 11) is 0. The summed E-state index contributed by atoms with van der Waals surface area (Å²) in [4.78, 5) is 12.4. The predicted octanol–water partition coefficient (Wildman–Crippen LogP) is 2.19. The highest BCUT2D eigenvalue weighted by Gasteiger charge is 2.36. The zero-order valence-electron chi connectivity index (χ0n) is 11.4. The van der Waals surface area contributed by atoms with Crippen LogP contribution in [0.1, 0.15) is 19.8 Å². The average Bonchev–Trinajstić information content (AvgIpc) is 2.43. The van der Waals surface area contributed by atoms with E-state index >= 15 is 0 Å². The molecule has 0 saturated carbocycles. The Morgan fingerprint density at radius 2 is 2.20 bits per heavy atom. The van der Waals surface area contributed by atoms with Crippen molar-refractivity contribution in [1.82, 2.24) is 0 Å². The van der Waals surface area contributed by atoms with Crippen LogP contribution in [-0.4, -0.2) is 31.3 Å². The average molecular weight is 299 g/mol. The van der Waals surface area contributed by atoms with Crippen LogP contribution < -0.4 is 15.8 Å². The first kappa shape index (κ1) is 15.1. The van der Waals surface area contributed by atoms with Crippen molar-refractivity contribution in [3.8, 4) is 5.75 Å². The van der Waals surface area contributed by atoms with Gasteiger partial charge in [-0.05, 0) is 38.0 Å². The minimum atomic E-state index is -0.899. The first-order chi connectivity index (χ1) is 9.55. The van der Waals surface area contributed by atoms with Crippen molar-refractivity contribution in [2.45, 2.75) is 25.3 Å². The molecule has 0 bridgehead atoms. The van der Waals surface area contributed by atoms with Crippen LogP contribution in [0.15, 0.2) is 18.2 Å². The summed E-state index contributed by atoms with van der Waals surface area (Å²) >= 11 is 5.96. The SMILES string of the molecule is CCOc1ccc(Cl)cc1NC(=O)C1(N)CCOCC1. The summed E-state index contributed by atoms with van der Waals surface area (Å²) in [6, 6.07) is 5.11. The molecule has 0 radical (unpaired) electrons. The molecular weight excluding hydrogens is 280 g/mol. The molecule has 0 aromatic heterocycles. The Morgan fingerprint density at radius 1 is 1.50 bits per heavy atom. The minimum Gasteiger partial charge on any atom is -0.492 e. The third kappa shape index (κ3) is 3.42. The second kappa shape index (κ2) is 6.43. The van der Waals surface area contributed by atoms with Gasteiger partial charge in [0, 0.05) is 18.2 Å². The molecule has 1 saturated heterocycles. The lowest BCUT2D eigenvalue weighted by Gasteiger charge is -2.32. The van der Waals surface area contributed by atoms with Crippen molar-refractivity contribution < 1.29 is 14.3 Å². The number of hydrogen-bond acceptors (Lipinski definition) is 4. The monoisotopic (exact) mass is 298 g/mol. The summed E-state index contributed by atoms with van der Waals surface area (Å²) < 4.78 is 10.7. The number of rotatable bonds is 4. The second-order valence-corrected chi connectivity index (χ2v) is 5.23. The van der Waals surface area contributed by atoms with Gasteiger partial charge in [-0.15, -0.1) is 0 Å². The highest BCUT2D eigenvalue weighted by atomic mass is 35.5. The van der Waals surface area contributed by atoms with Gasteiger partial charge in [0.2, 0.25) is 5.91 Å². The lowest BCUT2D eigenvalue weighted by Crippen LogP contribution is -2.54. The molecule has 6 heteroatoms. The van der Waals surface area contributed by atoms with E-state index in [-0.39, 0.29) is 5.91 Å². The molecule has 1 aliphatic heterocycles. The smallest absolute Gasteiger partial charge is 0.244 e. The molecule has 0 unspecified atom stereocenters. The largest absolute Gasteiger partial charge is 0.492 e. The number of ether oxygens (including phenoxy) is 2. The topological polar surface area (TPSA) is 73.6 Å². The fourth-order valence-electron chi connectivity index (χ4n) is 2.09. The molecule has 3 N–H and O–H groups in total. The lowest BCUT2D eigenvalue weighted by molar-refractivity contribution is -0.124. The Morgan fingerprint density at radius 3 is 2.85 bits per heavy atom. The van der Waals surface area contributed by atoms with Crippen molar-refractivity contribution in [2.24, 2.45) is 5.73 Å². The summed E-state index contributed by atoms with van der Waals surface area (Å²) in [5.41, 5.74) is 5.79. The lowest BCUT2D eigenvalue weighted by atomic mass is 9.90. The molecule has 1 fully saturated rings. The third-order valence-corrected chi connectivity index (χ3v) is 3.56. The van der Waals surface area contributed by atoms with Gasteiger partial charge in [0.15, 0.2) is 0 Å². The summed E-state index contributed by atoms with van der Waals surface area (Å²) in [5, 5.41) is 3.35. The molecule has 0 atom stereocenters. The van der Waals surface area contributed by atoms with Gasteiger partial charge >= 0.3 is 0 Å². The number of hydrogen-bond donors (Lipinski definition) is 2. The molecule has 0 spiro atoms. The molecule has 1 amide bonds. The van der Waals surface area contributed by atoms with Crippen LogP contribution >= 0.6 is 11.6 Å². The number of anilines is 1. The van der Waals surface area contributed by atoms with E-state index in [9.17, 15) is 4.79 Å². The fraction of sp³-hybridized carbons (Fsp3) is 0.500. The number of benzene rings is 1. The quantitative estimate of drug-likeness (QED) is 0.893. The molecule has 0 aliphatic carbocycles. The Labute approximate surface area is 123 Å².